The molecule has 64 heavy (non-hydrogen) atoms. The van der Waals surface area contributed by atoms with Gasteiger partial charge in [-0.05, 0) is 96.7 Å². The number of sulfonamides is 2. The smallest absolute Gasteiger partial charge is 0.293 e. The second-order valence-electron chi connectivity index (χ2n) is 17.6. The number of benzene rings is 3. The molecule has 1 atom stereocenters. The largest absolute Gasteiger partial charge is 0.455 e. The highest BCUT2D eigenvalue weighted by Crippen LogP contribution is 2.43. The van der Waals surface area contributed by atoms with Crippen molar-refractivity contribution < 1.29 is 31.3 Å². The summed E-state index contributed by atoms with van der Waals surface area (Å²) < 4.78 is 61.0. The van der Waals surface area contributed by atoms with Crippen molar-refractivity contribution in [1.82, 2.24) is 23.9 Å². The zero-order valence-electron chi connectivity index (χ0n) is 35.8. The van der Waals surface area contributed by atoms with E-state index in [1.165, 1.54) is 45.4 Å². The number of rotatable bonds is 14. The lowest BCUT2D eigenvalue weighted by molar-refractivity contribution is -0.384. The molecule has 1 unspecified atom stereocenters. The Labute approximate surface area is 377 Å². The third-order valence-electron chi connectivity index (χ3n) is 12.3. The number of hydrogen-bond donors (Lipinski definition) is 3. The fourth-order valence-electron chi connectivity index (χ4n) is 8.71. The van der Waals surface area contributed by atoms with E-state index in [-0.39, 0.29) is 41.4 Å². The first-order valence-corrected chi connectivity index (χ1v) is 24.9. The van der Waals surface area contributed by atoms with Gasteiger partial charge in [-0.25, -0.2) is 30.8 Å². The Balaban J connectivity index is 0.993. The first kappa shape index (κ1) is 45.1. The summed E-state index contributed by atoms with van der Waals surface area (Å²) in [6, 6.07) is 20.0. The second-order valence-corrected chi connectivity index (χ2v) is 21.7. The monoisotopic (exact) mass is 930 g/mol. The number of carbonyl (C=O) groups excluding carboxylic acids is 1. The molecule has 4 heterocycles. The maximum atomic E-state index is 13.9. The van der Waals surface area contributed by atoms with E-state index in [0.717, 1.165) is 67.3 Å². The van der Waals surface area contributed by atoms with Crippen LogP contribution in [0.15, 0.2) is 95.7 Å². The Morgan fingerprint density at radius 2 is 1.77 bits per heavy atom. The van der Waals surface area contributed by atoms with E-state index < -0.39 is 41.5 Å². The Bertz CT molecular complexity index is 2840. The molecule has 0 saturated carbocycles. The number of carbonyl (C=O) groups is 1. The van der Waals surface area contributed by atoms with Crippen LogP contribution in [0, 0.1) is 21.4 Å². The molecular weight excluding hydrogens is 880 g/mol. The van der Waals surface area contributed by atoms with Crippen molar-refractivity contribution in [2.75, 3.05) is 68.8 Å². The van der Waals surface area contributed by atoms with E-state index in [1.54, 1.807) is 24.4 Å². The van der Waals surface area contributed by atoms with E-state index >= 15 is 0 Å². The Hall–Kier alpha value is -5.53. The average molecular weight is 932 g/mol. The zero-order valence-corrected chi connectivity index (χ0v) is 38.2. The van der Waals surface area contributed by atoms with Gasteiger partial charge < -0.3 is 19.9 Å². The number of nitrogens with one attached hydrogen (secondary N) is 3. The number of amides is 1. The van der Waals surface area contributed by atoms with Crippen LogP contribution >= 0.6 is 11.6 Å². The maximum absolute atomic E-state index is 13.9. The third-order valence-corrected chi connectivity index (χ3v) is 15.2. The lowest BCUT2D eigenvalue weighted by Gasteiger charge is -2.39. The number of nitro benzene ring substituents is 1. The number of hydrogen-bond acceptors (Lipinski definition) is 12. The van der Waals surface area contributed by atoms with Gasteiger partial charge in [0.25, 0.3) is 21.6 Å². The molecule has 3 aliphatic rings. The van der Waals surface area contributed by atoms with Crippen LogP contribution in [0.4, 0.5) is 17.1 Å². The summed E-state index contributed by atoms with van der Waals surface area (Å²) in [7, 11) is -7.99. The molecule has 2 saturated heterocycles. The number of pyridine rings is 1. The van der Waals surface area contributed by atoms with Crippen LogP contribution in [0.1, 0.15) is 55.5 Å². The first-order valence-electron chi connectivity index (χ1n) is 21.1. The van der Waals surface area contributed by atoms with Gasteiger partial charge in [0, 0.05) is 86.8 Å². The minimum Gasteiger partial charge on any atom is -0.455 e. The SMILES string of the molecule is CC1(C)CCC(CN2CCN(c3ccc(C(=O)NS(=O)(=O)c4ccc(NCC5CCN(S(C)(=O)=O)C5)c([N+](=O)[O-])c4)c(Oc4cnc5[nH]ccc5c4)c3)CC2)=C(c2ccc(Cl)cc2)C1. The van der Waals surface area contributed by atoms with Crippen molar-refractivity contribution in [2.24, 2.45) is 11.3 Å². The summed E-state index contributed by atoms with van der Waals surface area (Å²) in [4.78, 5) is 37.0. The maximum Gasteiger partial charge on any atom is 0.293 e. The van der Waals surface area contributed by atoms with E-state index in [4.69, 9.17) is 16.3 Å². The molecule has 16 nitrogen and oxygen atoms in total. The van der Waals surface area contributed by atoms with Crippen LogP contribution < -0.4 is 19.7 Å². The summed E-state index contributed by atoms with van der Waals surface area (Å²) in [5, 5.41) is 16.6. The molecule has 0 radical (unpaired) electrons. The fourth-order valence-corrected chi connectivity index (χ4v) is 10.7. The lowest BCUT2D eigenvalue weighted by atomic mass is 9.72. The number of ether oxygens (including phenoxy) is 1. The molecule has 338 valence electrons. The molecule has 2 aliphatic heterocycles. The first-order chi connectivity index (χ1) is 30.4. The normalized spacial score (nSPS) is 18.6. The van der Waals surface area contributed by atoms with E-state index in [2.05, 4.69) is 55.8 Å². The number of halogens is 1. The summed E-state index contributed by atoms with van der Waals surface area (Å²) in [6.45, 7) is 9.37. The van der Waals surface area contributed by atoms with Crippen LogP contribution in [0.3, 0.4) is 0 Å². The highest BCUT2D eigenvalue weighted by Gasteiger charge is 2.32. The van der Waals surface area contributed by atoms with Gasteiger partial charge in [0.05, 0.1) is 27.8 Å². The lowest BCUT2D eigenvalue weighted by Crippen LogP contribution is -2.47. The number of aromatic amines is 1. The minimum absolute atomic E-state index is 0.0611. The summed E-state index contributed by atoms with van der Waals surface area (Å²) >= 11 is 6.24. The summed E-state index contributed by atoms with van der Waals surface area (Å²) in [6.07, 6.45) is 8.10. The molecule has 5 aromatic rings. The molecule has 1 amide bonds. The summed E-state index contributed by atoms with van der Waals surface area (Å²) in [5.74, 6) is -0.674. The average Bonchev–Trinajstić information content (AvgIpc) is 3.94. The molecule has 3 N–H and O–H groups in total. The third kappa shape index (κ3) is 10.4. The van der Waals surface area contributed by atoms with Crippen molar-refractivity contribution >= 4 is 71.2 Å². The number of nitro groups is 1. The molecule has 0 bridgehead atoms. The van der Waals surface area contributed by atoms with Gasteiger partial charge in [0.1, 0.15) is 22.8 Å². The van der Waals surface area contributed by atoms with Crippen molar-refractivity contribution in [3.8, 4) is 11.5 Å². The van der Waals surface area contributed by atoms with Gasteiger partial charge in [-0.3, -0.25) is 19.8 Å². The predicted octanol–water partition coefficient (Wildman–Crippen LogP) is 7.51. The second kappa shape index (κ2) is 18.2. The van der Waals surface area contributed by atoms with E-state index in [0.29, 0.717) is 37.5 Å². The Kier molecular flexibility index (Phi) is 12.8. The van der Waals surface area contributed by atoms with Crippen molar-refractivity contribution in [3.63, 3.8) is 0 Å². The molecule has 0 spiro atoms. The van der Waals surface area contributed by atoms with Crippen LogP contribution in [-0.4, -0.2) is 105 Å². The van der Waals surface area contributed by atoms with Gasteiger partial charge in [0.15, 0.2) is 0 Å². The number of fused-ring (bicyclic) bond motifs is 1. The van der Waals surface area contributed by atoms with Gasteiger partial charge in [-0.2, -0.15) is 0 Å². The molecule has 8 rings (SSSR count). The van der Waals surface area contributed by atoms with Crippen LogP contribution in [0.5, 0.6) is 11.5 Å². The zero-order chi connectivity index (χ0) is 45.4. The van der Waals surface area contributed by atoms with Crippen LogP contribution in [0.2, 0.25) is 5.02 Å². The number of H-pyrrole nitrogens is 1. The molecule has 3 aromatic carbocycles. The molecule has 19 heteroatoms. The predicted molar refractivity (Wildman–Crippen MR) is 248 cm³/mol. The van der Waals surface area contributed by atoms with Gasteiger partial charge in [0.2, 0.25) is 10.0 Å². The standard InChI is InChI=1S/C45H51ClN8O8S2/c1-45(2)15-12-33(39(25-45)31-4-6-34(46)7-5-31)29-51-18-20-52(21-19-51)35-8-10-38(42(23-35)62-36-22-32-13-16-47-43(32)49-27-36)44(55)50-64(60,61)37-9-11-40(41(24-37)54(56)57)48-26-30-14-17-53(28-30)63(3,58)59/h4-11,13,16,22-24,27,30,48H,12,14-15,17-21,25-26,28-29H2,1-3H3,(H,47,49)(H,50,55). The number of allylic oxidation sites excluding steroid dienone is 1. The number of aromatic nitrogens is 2. The van der Waals surface area contributed by atoms with E-state index in [9.17, 15) is 31.7 Å². The van der Waals surface area contributed by atoms with Gasteiger partial charge >= 0.3 is 0 Å². The Morgan fingerprint density at radius 3 is 2.48 bits per heavy atom. The highest BCUT2D eigenvalue weighted by molar-refractivity contribution is 7.90. The van der Waals surface area contributed by atoms with Crippen LogP contribution in [-0.2, 0) is 20.0 Å². The Morgan fingerprint density at radius 1 is 1.00 bits per heavy atom. The fraction of sp³-hybridized carbons (Fsp3) is 0.378. The van der Waals surface area contributed by atoms with Crippen molar-refractivity contribution in [2.45, 2.75) is 44.4 Å². The highest BCUT2D eigenvalue weighted by atomic mass is 35.5. The molecule has 2 aromatic heterocycles. The number of piperazine rings is 1. The van der Waals surface area contributed by atoms with Crippen molar-refractivity contribution in [3.05, 3.63) is 117 Å². The van der Waals surface area contributed by atoms with Gasteiger partial charge in [-0.15, -0.1) is 0 Å². The molecule has 2 fully saturated rings. The topological polar surface area (TPSA) is 200 Å². The minimum atomic E-state index is -4.63. The number of anilines is 2. The quantitative estimate of drug-likeness (QED) is 0.0732. The molecule has 1 aliphatic carbocycles. The summed E-state index contributed by atoms with van der Waals surface area (Å²) in [5.41, 5.74) is 5.17. The number of nitrogens with zero attached hydrogens (tertiary/aromatic N) is 5. The molecular formula is C45H51ClN8O8S2. The van der Waals surface area contributed by atoms with E-state index in [1.807, 2.05) is 18.2 Å². The van der Waals surface area contributed by atoms with Gasteiger partial charge in [-0.1, -0.05) is 43.2 Å². The van der Waals surface area contributed by atoms with Crippen molar-refractivity contribution in [1.29, 1.82) is 0 Å². The van der Waals surface area contributed by atoms with Crippen LogP contribution in [0.25, 0.3) is 16.6 Å².